The number of aryl methyl sites for hydroxylation is 1. The first-order chi connectivity index (χ1) is 13.7. The van der Waals surface area contributed by atoms with Gasteiger partial charge in [0.25, 0.3) is 0 Å². The molecule has 28 heavy (non-hydrogen) atoms. The smallest absolute Gasteiger partial charge is 0.339 e. The minimum atomic E-state index is -0.385. The van der Waals surface area contributed by atoms with Crippen molar-refractivity contribution in [3.63, 3.8) is 0 Å². The second-order valence-corrected chi connectivity index (χ2v) is 8.02. The summed E-state index contributed by atoms with van der Waals surface area (Å²) in [6, 6.07) is 13.7. The molecule has 5 nitrogen and oxygen atoms in total. The molecule has 1 N–H and O–H groups in total. The first-order valence-electron chi connectivity index (χ1n) is 8.87. The molecule has 0 unspecified atom stereocenters. The Kier molecular flexibility index (Phi) is 7.45. The van der Waals surface area contributed by atoms with Crippen LogP contribution in [0.2, 0.25) is 0 Å². The van der Waals surface area contributed by atoms with Crippen LogP contribution in [0.4, 0.5) is 5.82 Å². The van der Waals surface area contributed by atoms with Crippen molar-refractivity contribution in [1.82, 2.24) is 4.98 Å². The maximum Gasteiger partial charge on any atom is 0.339 e. The van der Waals surface area contributed by atoms with E-state index >= 15 is 0 Å². The van der Waals surface area contributed by atoms with Crippen LogP contribution in [0.3, 0.4) is 0 Å². The normalized spacial score (nSPS) is 10.5. The van der Waals surface area contributed by atoms with Crippen LogP contribution in [0.1, 0.15) is 27.2 Å². The van der Waals surface area contributed by atoms with Crippen LogP contribution in [0.25, 0.3) is 0 Å². The molecule has 3 aromatic rings. The van der Waals surface area contributed by atoms with Gasteiger partial charge in [-0.1, -0.05) is 22.0 Å². The Morgan fingerprint density at radius 2 is 2.14 bits per heavy atom. The number of nitrogens with zero attached hydrogens (tertiary/aromatic N) is 1. The molecule has 0 amide bonds. The molecule has 0 fully saturated rings. The zero-order valence-corrected chi connectivity index (χ0v) is 17.9. The largest absolute Gasteiger partial charge is 0.488 e. The Morgan fingerprint density at radius 3 is 2.86 bits per heavy atom. The van der Waals surface area contributed by atoms with Crippen LogP contribution in [0.5, 0.6) is 5.75 Å². The number of methoxy groups -OCH3 is 1. The lowest BCUT2D eigenvalue weighted by atomic mass is 10.1. The molecule has 0 aliphatic heterocycles. The van der Waals surface area contributed by atoms with Crippen molar-refractivity contribution in [3.8, 4) is 5.75 Å². The summed E-state index contributed by atoms with van der Waals surface area (Å²) in [6.07, 6.45) is 3.32. The SMILES string of the molecule is COC(=O)c1ccc(NCCCc2cc(Br)ccc2OCc2cccs2)nc1. The molecular formula is C21H21BrN2O3S. The summed E-state index contributed by atoms with van der Waals surface area (Å²) < 4.78 is 11.7. The van der Waals surface area contributed by atoms with Gasteiger partial charge in [-0.15, -0.1) is 11.3 Å². The van der Waals surface area contributed by atoms with Gasteiger partial charge in [-0.25, -0.2) is 9.78 Å². The van der Waals surface area contributed by atoms with Crippen LogP contribution in [0.15, 0.2) is 58.5 Å². The van der Waals surface area contributed by atoms with Crippen molar-refractivity contribution in [2.24, 2.45) is 0 Å². The van der Waals surface area contributed by atoms with Gasteiger partial charge in [0.05, 0.1) is 12.7 Å². The summed E-state index contributed by atoms with van der Waals surface area (Å²) in [5.74, 6) is 1.26. The van der Waals surface area contributed by atoms with Crippen molar-refractivity contribution in [2.45, 2.75) is 19.4 Å². The molecular weight excluding hydrogens is 440 g/mol. The van der Waals surface area contributed by atoms with Crippen molar-refractivity contribution in [2.75, 3.05) is 19.0 Å². The minimum absolute atomic E-state index is 0.385. The van der Waals surface area contributed by atoms with E-state index in [0.717, 1.165) is 35.4 Å². The van der Waals surface area contributed by atoms with Gasteiger partial charge in [0.15, 0.2) is 0 Å². The predicted octanol–water partition coefficient (Wildman–Crippen LogP) is 5.32. The molecule has 1 aromatic carbocycles. The average molecular weight is 461 g/mol. The summed E-state index contributed by atoms with van der Waals surface area (Å²) in [6.45, 7) is 1.35. The van der Waals surface area contributed by atoms with E-state index in [1.54, 1.807) is 23.5 Å². The number of hydrogen-bond donors (Lipinski definition) is 1. The van der Waals surface area contributed by atoms with Crippen molar-refractivity contribution >= 4 is 39.1 Å². The van der Waals surface area contributed by atoms with Gasteiger partial charge < -0.3 is 14.8 Å². The third-order valence-corrected chi connectivity index (χ3v) is 5.43. The molecule has 0 atom stereocenters. The molecule has 0 saturated carbocycles. The van der Waals surface area contributed by atoms with E-state index in [2.05, 4.69) is 48.5 Å². The summed E-state index contributed by atoms with van der Waals surface area (Å²) >= 11 is 5.23. The molecule has 0 aliphatic rings. The zero-order chi connectivity index (χ0) is 19.8. The van der Waals surface area contributed by atoms with Crippen LogP contribution in [-0.4, -0.2) is 24.6 Å². The Bertz CT molecular complexity index is 899. The fraction of sp³-hybridized carbons (Fsp3) is 0.238. The predicted molar refractivity (Wildman–Crippen MR) is 115 cm³/mol. The number of hydrogen-bond acceptors (Lipinski definition) is 6. The van der Waals surface area contributed by atoms with Gasteiger partial charge in [-0.3, -0.25) is 0 Å². The highest BCUT2D eigenvalue weighted by atomic mass is 79.9. The standard InChI is InChI=1S/C21H21BrN2O3S/c1-26-21(25)16-6-9-20(24-13-16)23-10-2-4-15-12-17(22)7-8-19(15)27-14-18-5-3-11-28-18/h3,5-9,11-13H,2,4,10,14H2,1H3,(H,23,24). The van der Waals surface area contributed by atoms with Crippen LogP contribution >= 0.6 is 27.3 Å². The highest BCUT2D eigenvalue weighted by Gasteiger charge is 2.07. The van der Waals surface area contributed by atoms with E-state index in [0.29, 0.717) is 12.2 Å². The topological polar surface area (TPSA) is 60.5 Å². The lowest BCUT2D eigenvalue weighted by molar-refractivity contribution is 0.0600. The van der Waals surface area contributed by atoms with Crippen molar-refractivity contribution in [1.29, 1.82) is 0 Å². The van der Waals surface area contributed by atoms with E-state index in [4.69, 9.17) is 4.74 Å². The van der Waals surface area contributed by atoms with Gasteiger partial charge in [-0.05, 0) is 60.2 Å². The fourth-order valence-corrected chi connectivity index (χ4v) is 3.68. The van der Waals surface area contributed by atoms with Crippen molar-refractivity contribution in [3.05, 3.63) is 74.5 Å². The van der Waals surface area contributed by atoms with Gasteiger partial charge in [0, 0.05) is 22.1 Å². The number of carbonyl (C=O) groups is 1. The van der Waals surface area contributed by atoms with E-state index < -0.39 is 0 Å². The molecule has 0 bridgehead atoms. The number of anilines is 1. The minimum Gasteiger partial charge on any atom is -0.488 e. The molecule has 7 heteroatoms. The average Bonchev–Trinajstić information content (AvgIpc) is 3.24. The Morgan fingerprint density at radius 1 is 1.25 bits per heavy atom. The number of aromatic nitrogens is 1. The summed E-state index contributed by atoms with van der Waals surface area (Å²) in [7, 11) is 1.36. The summed E-state index contributed by atoms with van der Waals surface area (Å²) in [5.41, 5.74) is 1.61. The Labute approximate surface area is 176 Å². The highest BCUT2D eigenvalue weighted by Crippen LogP contribution is 2.26. The maximum atomic E-state index is 11.4. The second-order valence-electron chi connectivity index (χ2n) is 6.07. The fourth-order valence-electron chi connectivity index (χ4n) is 2.66. The van der Waals surface area contributed by atoms with Crippen LogP contribution in [-0.2, 0) is 17.8 Å². The number of nitrogens with one attached hydrogen (secondary N) is 1. The van der Waals surface area contributed by atoms with E-state index in [-0.39, 0.29) is 5.97 Å². The quantitative estimate of drug-likeness (QED) is 0.346. The molecule has 2 heterocycles. The molecule has 0 aliphatic carbocycles. The number of pyridine rings is 1. The Balaban J connectivity index is 1.51. The summed E-state index contributed by atoms with van der Waals surface area (Å²) in [4.78, 5) is 16.9. The van der Waals surface area contributed by atoms with E-state index in [9.17, 15) is 4.79 Å². The second kappa shape index (κ2) is 10.2. The van der Waals surface area contributed by atoms with Crippen LogP contribution < -0.4 is 10.1 Å². The zero-order valence-electron chi connectivity index (χ0n) is 15.5. The van der Waals surface area contributed by atoms with E-state index in [1.807, 2.05) is 18.2 Å². The lowest BCUT2D eigenvalue weighted by Gasteiger charge is -2.12. The molecule has 0 saturated heterocycles. The maximum absolute atomic E-state index is 11.4. The molecule has 0 radical (unpaired) electrons. The van der Waals surface area contributed by atoms with Gasteiger partial charge in [0.1, 0.15) is 18.2 Å². The van der Waals surface area contributed by atoms with Crippen molar-refractivity contribution < 1.29 is 14.3 Å². The number of halogens is 1. The Hall–Kier alpha value is -2.38. The monoisotopic (exact) mass is 460 g/mol. The number of carbonyl (C=O) groups excluding carboxylic acids is 1. The molecule has 3 rings (SSSR count). The molecule has 0 spiro atoms. The summed E-state index contributed by atoms with van der Waals surface area (Å²) in [5, 5.41) is 5.33. The molecule has 2 aromatic heterocycles. The number of esters is 1. The van der Waals surface area contributed by atoms with Gasteiger partial charge >= 0.3 is 5.97 Å². The van der Waals surface area contributed by atoms with Gasteiger partial charge in [0.2, 0.25) is 0 Å². The number of ether oxygens (including phenoxy) is 2. The van der Waals surface area contributed by atoms with Crippen LogP contribution in [0, 0.1) is 0 Å². The first kappa shape index (κ1) is 20.4. The number of benzene rings is 1. The third-order valence-electron chi connectivity index (χ3n) is 4.09. The highest BCUT2D eigenvalue weighted by molar-refractivity contribution is 9.10. The number of thiophene rings is 1. The van der Waals surface area contributed by atoms with E-state index in [1.165, 1.54) is 23.7 Å². The lowest BCUT2D eigenvalue weighted by Crippen LogP contribution is -2.07. The first-order valence-corrected chi connectivity index (χ1v) is 10.5. The van der Waals surface area contributed by atoms with Gasteiger partial charge in [-0.2, -0.15) is 0 Å². The third kappa shape index (κ3) is 5.81. The number of rotatable bonds is 9. The molecule has 146 valence electrons.